The molecule has 0 amide bonds. The Kier molecular flexibility index (Phi) is 5.24. The van der Waals surface area contributed by atoms with Gasteiger partial charge < -0.3 is 14.0 Å². The number of nitrogens with zero attached hydrogens (tertiary/aromatic N) is 1. The number of benzene rings is 3. The summed E-state index contributed by atoms with van der Waals surface area (Å²) in [6, 6.07) is 26.7. The highest BCUT2D eigenvalue weighted by Gasteiger charge is 2.45. The minimum absolute atomic E-state index is 0.0544. The number of para-hydroxylation sites is 3. The molecule has 1 aromatic heterocycles. The second-order valence-corrected chi connectivity index (χ2v) is 8.17. The molecular formula is C27H22ClNO3. The Bertz CT molecular complexity index is 1280. The first kappa shape index (κ1) is 20.4. The van der Waals surface area contributed by atoms with Crippen LogP contribution in [0.5, 0.6) is 11.5 Å². The number of carbonyl (C=O) groups is 1. The summed E-state index contributed by atoms with van der Waals surface area (Å²) in [6.45, 7) is 2.36. The molecule has 0 fully saturated rings. The molecule has 5 rings (SSSR count). The molecule has 1 aliphatic rings. The van der Waals surface area contributed by atoms with E-state index in [4.69, 9.17) is 21.1 Å². The summed E-state index contributed by atoms with van der Waals surface area (Å²) in [4.78, 5) is 13.8. The van der Waals surface area contributed by atoms with E-state index in [1.54, 1.807) is 6.07 Å². The maximum atomic E-state index is 13.8. The van der Waals surface area contributed by atoms with Gasteiger partial charge in [-0.25, -0.2) is 0 Å². The van der Waals surface area contributed by atoms with Gasteiger partial charge in [-0.1, -0.05) is 67.1 Å². The lowest BCUT2D eigenvalue weighted by atomic mass is 9.84. The molecule has 2 heterocycles. The smallest absolute Gasteiger partial charge is 0.227 e. The van der Waals surface area contributed by atoms with Crippen molar-refractivity contribution in [3.63, 3.8) is 0 Å². The summed E-state index contributed by atoms with van der Waals surface area (Å²) in [5, 5.41) is 0.577. The summed E-state index contributed by atoms with van der Waals surface area (Å²) in [6.07, 6.45) is 2.40. The fraction of sp³-hybridized carbons (Fsp3) is 0.148. The van der Waals surface area contributed by atoms with Gasteiger partial charge in [0.2, 0.25) is 5.78 Å². The number of halogens is 1. The zero-order chi connectivity index (χ0) is 22.1. The maximum absolute atomic E-state index is 13.8. The quantitative estimate of drug-likeness (QED) is 0.349. The predicted molar refractivity (Wildman–Crippen MR) is 125 cm³/mol. The first-order valence-electron chi connectivity index (χ1n) is 10.6. The Labute approximate surface area is 192 Å². The van der Waals surface area contributed by atoms with Crippen LogP contribution in [0.25, 0.3) is 5.69 Å². The number of hydrogen-bond acceptors (Lipinski definition) is 3. The summed E-state index contributed by atoms with van der Waals surface area (Å²) < 4.78 is 14.3. The van der Waals surface area contributed by atoms with Gasteiger partial charge >= 0.3 is 0 Å². The van der Waals surface area contributed by atoms with Gasteiger partial charge in [-0.15, -0.1) is 0 Å². The third-order valence-corrected chi connectivity index (χ3v) is 6.22. The van der Waals surface area contributed by atoms with Crippen LogP contribution in [0.1, 0.15) is 35.0 Å². The normalized spacial score (nSPS) is 17.1. The molecule has 0 radical (unpaired) electrons. The topological polar surface area (TPSA) is 40.5 Å². The molecule has 4 nitrogen and oxygen atoms in total. The highest BCUT2D eigenvalue weighted by atomic mass is 35.5. The fourth-order valence-corrected chi connectivity index (χ4v) is 4.37. The Hall–Kier alpha value is -3.50. The van der Waals surface area contributed by atoms with E-state index in [0.29, 0.717) is 35.2 Å². The molecule has 1 unspecified atom stereocenters. The molecule has 0 saturated heterocycles. The van der Waals surface area contributed by atoms with Crippen molar-refractivity contribution in [1.29, 1.82) is 0 Å². The first-order chi connectivity index (χ1) is 15.6. The molecule has 1 atom stereocenters. The zero-order valence-corrected chi connectivity index (χ0v) is 18.4. The second kappa shape index (κ2) is 8.21. The van der Waals surface area contributed by atoms with E-state index in [1.165, 1.54) is 0 Å². The van der Waals surface area contributed by atoms with Crippen LogP contribution in [0.15, 0.2) is 91.1 Å². The van der Waals surface area contributed by atoms with E-state index in [2.05, 4.69) is 0 Å². The van der Waals surface area contributed by atoms with Crippen molar-refractivity contribution in [2.75, 3.05) is 0 Å². The fourth-order valence-electron chi connectivity index (χ4n) is 4.18. The van der Waals surface area contributed by atoms with Crippen molar-refractivity contribution in [3.05, 3.63) is 113 Å². The highest BCUT2D eigenvalue weighted by molar-refractivity contribution is 6.32. The zero-order valence-electron chi connectivity index (χ0n) is 17.6. The molecule has 5 heteroatoms. The number of fused-ring (bicyclic) bond motifs is 3. The lowest BCUT2D eigenvalue weighted by Crippen LogP contribution is -2.41. The summed E-state index contributed by atoms with van der Waals surface area (Å²) in [7, 11) is 0. The third kappa shape index (κ3) is 3.37. The molecule has 0 saturated carbocycles. The third-order valence-electron chi connectivity index (χ3n) is 5.91. The van der Waals surface area contributed by atoms with E-state index < -0.39 is 5.60 Å². The maximum Gasteiger partial charge on any atom is 0.227 e. The number of ether oxygens (including phenoxy) is 2. The van der Waals surface area contributed by atoms with Crippen molar-refractivity contribution < 1.29 is 14.3 Å². The highest BCUT2D eigenvalue weighted by Crippen LogP contribution is 2.41. The Balaban J connectivity index is 1.49. The minimum atomic E-state index is -1.11. The summed E-state index contributed by atoms with van der Waals surface area (Å²) in [5.41, 5.74) is 2.16. The van der Waals surface area contributed by atoms with Gasteiger partial charge in [0.05, 0.1) is 16.4 Å². The van der Waals surface area contributed by atoms with Crippen molar-refractivity contribution >= 4 is 17.4 Å². The Morgan fingerprint density at radius 2 is 1.69 bits per heavy atom. The largest absolute Gasteiger partial charge is 0.487 e. The number of hydrogen-bond donors (Lipinski definition) is 0. The average Bonchev–Trinajstić information content (AvgIpc) is 3.29. The molecule has 1 aliphatic heterocycles. The monoisotopic (exact) mass is 443 g/mol. The van der Waals surface area contributed by atoms with Gasteiger partial charge in [0.25, 0.3) is 0 Å². The number of rotatable bonds is 5. The number of ketones is 1. The van der Waals surface area contributed by atoms with Crippen molar-refractivity contribution in [1.82, 2.24) is 4.57 Å². The van der Waals surface area contributed by atoms with Crippen LogP contribution in [0.3, 0.4) is 0 Å². The molecule has 0 N–H and O–H groups in total. The van der Waals surface area contributed by atoms with Gasteiger partial charge in [-0.2, -0.15) is 0 Å². The van der Waals surface area contributed by atoms with Gasteiger partial charge in [-0.05, 0) is 48.4 Å². The van der Waals surface area contributed by atoms with Crippen molar-refractivity contribution in [2.24, 2.45) is 0 Å². The van der Waals surface area contributed by atoms with Gasteiger partial charge in [0.1, 0.15) is 18.1 Å². The number of Topliss-reactive ketones (excluding diaryl/α,β-unsaturated/α-hetero) is 1. The predicted octanol–water partition coefficient (Wildman–Crippen LogP) is 6.59. The van der Waals surface area contributed by atoms with Gasteiger partial charge in [0, 0.05) is 11.8 Å². The van der Waals surface area contributed by atoms with Crippen LogP contribution >= 0.6 is 11.6 Å². The van der Waals surface area contributed by atoms with Crippen LogP contribution in [0, 0.1) is 0 Å². The Morgan fingerprint density at radius 3 is 2.47 bits per heavy atom. The van der Waals surface area contributed by atoms with Crippen LogP contribution in [0.2, 0.25) is 5.02 Å². The van der Waals surface area contributed by atoms with Crippen LogP contribution in [0.4, 0.5) is 0 Å². The minimum Gasteiger partial charge on any atom is -0.487 e. The number of aromatic nitrogens is 1. The first-order valence-corrected chi connectivity index (χ1v) is 11.0. The van der Waals surface area contributed by atoms with Gasteiger partial charge in [-0.3, -0.25) is 4.79 Å². The Morgan fingerprint density at radius 1 is 0.938 bits per heavy atom. The van der Waals surface area contributed by atoms with E-state index >= 15 is 0 Å². The molecule has 4 aromatic rings. The second-order valence-electron chi connectivity index (χ2n) is 7.76. The van der Waals surface area contributed by atoms with Crippen LogP contribution < -0.4 is 9.47 Å². The summed E-state index contributed by atoms with van der Waals surface area (Å²) >= 11 is 6.18. The molecule has 0 bridgehead atoms. The van der Waals surface area contributed by atoms with E-state index in [0.717, 1.165) is 16.8 Å². The van der Waals surface area contributed by atoms with E-state index in [9.17, 15) is 4.79 Å². The average molecular weight is 444 g/mol. The van der Waals surface area contributed by atoms with Crippen LogP contribution in [-0.4, -0.2) is 10.4 Å². The number of carbonyl (C=O) groups excluding carboxylic acids is 1. The standard InChI is InChI=1S/C27H22ClNO3/c1-2-27(20-15-13-19(14-16-20)18-31-24-11-5-3-8-21(24)28)26(30)23-10-7-17-29(23)22-9-4-6-12-25(22)32-27/h3-17H,2,18H2,1H3. The van der Waals surface area contributed by atoms with Gasteiger partial charge in [0.15, 0.2) is 5.60 Å². The summed E-state index contributed by atoms with van der Waals surface area (Å²) in [5.74, 6) is 1.27. The molecule has 0 spiro atoms. The molecule has 3 aromatic carbocycles. The molecule has 160 valence electrons. The van der Waals surface area contributed by atoms with Crippen molar-refractivity contribution in [3.8, 4) is 17.2 Å². The lowest BCUT2D eigenvalue weighted by molar-refractivity contribution is 0.0424. The molecule has 0 aliphatic carbocycles. The molecular weight excluding hydrogens is 422 g/mol. The van der Waals surface area contributed by atoms with Crippen LogP contribution in [-0.2, 0) is 12.2 Å². The van der Waals surface area contributed by atoms with E-state index in [1.807, 2.05) is 96.6 Å². The van der Waals surface area contributed by atoms with E-state index in [-0.39, 0.29) is 5.78 Å². The SMILES string of the molecule is CCC1(c2ccc(COc3ccccc3Cl)cc2)Oc2ccccc2-n2cccc2C1=O. The lowest BCUT2D eigenvalue weighted by Gasteiger charge is -2.31. The molecule has 32 heavy (non-hydrogen) atoms. The van der Waals surface area contributed by atoms with Crippen molar-refractivity contribution in [2.45, 2.75) is 25.6 Å².